The van der Waals surface area contributed by atoms with E-state index in [2.05, 4.69) is 47.1 Å². The minimum absolute atomic E-state index is 0.0741. The first-order valence-electron chi connectivity index (χ1n) is 12.0. The zero-order chi connectivity index (χ0) is 27.4. The van der Waals surface area contributed by atoms with E-state index in [1.54, 1.807) is 48.7 Å². The van der Waals surface area contributed by atoms with E-state index in [-0.39, 0.29) is 4.90 Å². The fraction of sp³-hybridized carbons (Fsp3) is 0.172. The molecular formula is C29H29ClN4O3S. The number of amides is 1. The van der Waals surface area contributed by atoms with Crippen LogP contribution in [-0.4, -0.2) is 31.7 Å². The van der Waals surface area contributed by atoms with Crippen LogP contribution in [0, 0.1) is 27.7 Å². The third-order valence-electron chi connectivity index (χ3n) is 6.34. The Morgan fingerprint density at radius 1 is 0.947 bits per heavy atom. The first-order chi connectivity index (χ1) is 18.1. The number of carbonyl (C=O) groups excluding carboxylic acids is 1. The maximum absolute atomic E-state index is 13.4. The van der Waals surface area contributed by atoms with Crippen LogP contribution < -0.4 is 9.73 Å². The number of sulfonamides is 1. The van der Waals surface area contributed by atoms with E-state index in [0.29, 0.717) is 10.7 Å². The highest BCUT2D eigenvalue weighted by Crippen LogP contribution is 2.25. The lowest BCUT2D eigenvalue weighted by atomic mass is 10.1. The van der Waals surface area contributed by atoms with E-state index in [1.165, 1.54) is 23.3 Å². The summed E-state index contributed by atoms with van der Waals surface area (Å²) in [4.78, 5) is 12.9. The predicted molar refractivity (Wildman–Crippen MR) is 153 cm³/mol. The number of hydrazone groups is 1. The molecule has 1 N–H and O–H groups in total. The molecule has 3 aromatic carbocycles. The number of aryl methyl sites for hydroxylation is 3. The lowest BCUT2D eigenvalue weighted by Gasteiger charge is -2.23. The summed E-state index contributed by atoms with van der Waals surface area (Å²) in [6, 6.07) is 22.5. The predicted octanol–water partition coefficient (Wildman–Crippen LogP) is 5.71. The molecule has 0 aliphatic heterocycles. The van der Waals surface area contributed by atoms with Gasteiger partial charge in [-0.3, -0.25) is 9.10 Å². The molecule has 0 atom stereocenters. The van der Waals surface area contributed by atoms with Gasteiger partial charge in [-0.25, -0.2) is 13.8 Å². The molecule has 38 heavy (non-hydrogen) atoms. The first kappa shape index (κ1) is 27.2. The molecule has 0 fully saturated rings. The Balaban J connectivity index is 1.54. The van der Waals surface area contributed by atoms with Crippen molar-refractivity contribution in [2.75, 3.05) is 10.8 Å². The highest BCUT2D eigenvalue weighted by Gasteiger charge is 2.27. The number of hydrogen-bond donors (Lipinski definition) is 1. The number of anilines is 1. The molecule has 1 amide bonds. The molecule has 0 spiro atoms. The van der Waals surface area contributed by atoms with Gasteiger partial charge in [-0.15, -0.1) is 0 Å². The molecule has 1 heterocycles. The standard InChI is InChI=1S/C29H29ClN4O3S/c1-20-10-13-27(16-21(20)2)34-22(3)17-24(23(34)4)18-31-32-29(35)19-33(26-14-11-25(30)12-15-26)38(36,37)28-8-6-5-7-9-28/h5-18H,19H2,1-4H3,(H,32,35)/b31-18-. The van der Waals surface area contributed by atoms with Crippen molar-refractivity contribution >= 4 is 39.4 Å². The lowest BCUT2D eigenvalue weighted by molar-refractivity contribution is -0.119. The largest absolute Gasteiger partial charge is 0.318 e. The van der Waals surface area contributed by atoms with E-state index in [4.69, 9.17) is 11.6 Å². The van der Waals surface area contributed by atoms with Gasteiger partial charge in [-0.1, -0.05) is 35.9 Å². The van der Waals surface area contributed by atoms with Crippen molar-refractivity contribution in [3.63, 3.8) is 0 Å². The Bertz CT molecular complexity index is 1600. The molecule has 0 aliphatic carbocycles. The van der Waals surface area contributed by atoms with Gasteiger partial charge in [-0.05, 0) is 93.4 Å². The maximum Gasteiger partial charge on any atom is 0.264 e. The number of rotatable bonds is 8. The molecular weight excluding hydrogens is 520 g/mol. The van der Waals surface area contributed by atoms with Crippen LogP contribution in [0.5, 0.6) is 0 Å². The second-order valence-corrected chi connectivity index (χ2v) is 11.3. The van der Waals surface area contributed by atoms with Crippen molar-refractivity contribution < 1.29 is 13.2 Å². The number of benzene rings is 3. The van der Waals surface area contributed by atoms with Gasteiger partial charge in [0.25, 0.3) is 15.9 Å². The van der Waals surface area contributed by atoms with Crippen molar-refractivity contribution in [3.05, 3.63) is 112 Å². The van der Waals surface area contributed by atoms with Gasteiger partial charge < -0.3 is 4.57 Å². The summed E-state index contributed by atoms with van der Waals surface area (Å²) in [5.41, 5.74) is 9.10. The number of aromatic nitrogens is 1. The molecule has 0 radical (unpaired) electrons. The van der Waals surface area contributed by atoms with Crippen LogP contribution >= 0.6 is 11.6 Å². The van der Waals surface area contributed by atoms with E-state index in [1.807, 2.05) is 19.9 Å². The fourth-order valence-electron chi connectivity index (χ4n) is 4.16. The topological polar surface area (TPSA) is 83.8 Å². The van der Waals surface area contributed by atoms with Crippen molar-refractivity contribution in [2.45, 2.75) is 32.6 Å². The average molecular weight is 549 g/mol. The molecule has 4 rings (SSSR count). The van der Waals surface area contributed by atoms with Gasteiger partial charge in [0, 0.05) is 27.7 Å². The van der Waals surface area contributed by atoms with Gasteiger partial charge in [-0.2, -0.15) is 5.10 Å². The number of nitrogens with zero attached hydrogens (tertiary/aromatic N) is 3. The summed E-state index contributed by atoms with van der Waals surface area (Å²) in [5.74, 6) is -0.585. The van der Waals surface area contributed by atoms with Crippen LogP contribution in [-0.2, 0) is 14.8 Å². The molecule has 7 nitrogen and oxygen atoms in total. The lowest BCUT2D eigenvalue weighted by Crippen LogP contribution is -2.39. The van der Waals surface area contributed by atoms with Crippen molar-refractivity contribution in [3.8, 4) is 5.69 Å². The SMILES string of the molecule is Cc1ccc(-n2c(C)cc(/C=N\NC(=O)CN(c3ccc(Cl)cc3)S(=O)(=O)c3ccccc3)c2C)cc1C. The van der Waals surface area contributed by atoms with Gasteiger partial charge in [0.2, 0.25) is 0 Å². The van der Waals surface area contributed by atoms with E-state index < -0.39 is 22.5 Å². The fourth-order valence-corrected chi connectivity index (χ4v) is 5.73. The van der Waals surface area contributed by atoms with E-state index in [9.17, 15) is 13.2 Å². The third kappa shape index (κ3) is 5.82. The van der Waals surface area contributed by atoms with E-state index in [0.717, 1.165) is 26.9 Å². The summed E-state index contributed by atoms with van der Waals surface area (Å²) < 4.78 is 29.9. The molecule has 0 aliphatic rings. The third-order valence-corrected chi connectivity index (χ3v) is 8.38. The maximum atomic E-state index is 13.4. The molecule has 0 saturated carbocycles. The molecule has 4 aromatic rings. The molecule has 196 valence electrons. The Labute approximate surface area is 228 Å². The second kappa shape index (κ2) is 11.2. The summed E-state index contributed by atoms with van der Waals surface area (Å²) in [6.45, 7) is 7.69. The number of carbonyl (C=O) groups is 1. The van der Waals surface area contributed by atoms with Gasteiger partial charge in [0.05, 0.1) is 16.8 Å². The van der Waals surface area contributed by atoms with Gasteiger partial charge >= 0.3 is 0 Å². The zero-order valence-electron chi connectivity index (χ0n) is 21.6. The number of hydrogen-bond acceptors (Lipinski definition) is 4. The van der Waals surface area contributed by atoms with Crippen LogP contribution in [0.25, 0.3) is 5.69 Å². The van der Waals surface area contributed by atoms with Crippen LogP contribution in [0.2, 0.25) is 5.02 Å². The summed E-state index contributed by atoms with van der Waals surface area (Å²) >= 11 is 5.99. The Kier molecular flexibility index (Phi) is 8.04. The molecule has 9 heteroatoms. The van der Waals surface area contributed by atoms with Crippen LogP contribution in [0.1, 0.15) is 28.1 Å². The highest BCUT2D eigenvalue weighted by atomic mass is 35.5. The Morgan fingerprint density at radius 3 is 2.29 bits per heavy atom. The molecule has 0 unspecified atom stereocenters. The quantitative estimate of drug-likeness (QED) is 0.226. The average Bonchev–Trinajstić information content (AvgIpc) is 3.18. The monoisotopic (exact) mass is 548 g/mol. The highest BCUT2D eigenvalue weighted by molar-refractivity contribution is 7.92. The normalized spacial score (nSPS) is 11.6. The molecule has 0 saturated heterocycles. The smallest absolute Gasteiger partial charge is 0.264 e. The first-order valence-corrected chi connectivity index (χ1v) is 13.8. The Hall–Kier alpha value is -3.88. The molecule has 1 aromatic heterocycles. The number of halogens is 1. The minimum atomic E-state index is -4.01. The zero-order valence-corrected chi connectivity index (χ0v) is 23.2. The van der Waals surface area contributed by atoms with E-state index >= 15 is 0 Å². The van der Waals surface area contributed by atoms with Crippen LogP contribution in [0.3, 0.4) is 0 Å². The minimum Gasteiger partial charge on any atom is -0.318 e. The summed E-state index contributed by atoms with van der Waals surface area (Å²) in [5, 5.41) is 4.57. The molecule has 0 bridgehead atoms. The Morgan fingerprint density at radius 2 is 1.63 bits per heavy atom. The summed E-state index contributed by atoms with van der Waals surface area (Å²) in [6.07, 6.45) is 1.57. The van der Waals surface area contributed by atoms with Gasteiger partial charge in [0.15, 0.2) is 0 Å². The number of nitrogens with one attached hydrogen (secondary N) is 1. The second-order valence-electron chi connectivity index (χ2n) is 9.02. The van der Waals surface area contributed by atoms with Gasteiger partial charge in [0.1, 0.15) is 6.54 Å². The van der Waals surface area contributed by atoms with Crippen molar-refractivity contribution in [2.24, 2.45) is 5.10 Å². The summed E-state index contributed by atoms with van der Waals surface area (Å²) in [7, 11) is -4.01. The van der Waals surface area contributed by atoms with Crippen LogP contribution in [0.15, 0.2) is 88.9 Å². The van der Waals surface area contributed by atoms with Crippen LogP contribution in [0.4, 0.5) is 5.69 Å². The van der Waals surface area contributed by atoms with Crippen molar-refractivity contribution in [1.82, 2.24) is 9.99 Å². The van der Waals surface area contributed by atoms with Crippen molar-refractivity contribution in [1.29, 1.82) is 0 Å².